The number of ether oxygens (including phenoxy) is 1. The Bertz CT molecular complexity index is 1900. The summed E-state index contributed by atoms with van der Waals surface area (Å²) in [7, 11) is 0. The first-order chi connectivity index (χ1) is 21.3. The van der Waals surface area contributed by atoms with Gasteiger partial charge >= 0.3 is 0 Å². The molecule has 220 valence electrons. The van der Waals surface area contributed by atoms with Gasteiger partial charge in [0.15, 0.2) is 17.5 Å². The van der Waals surface area contributed by atoms with Crippen LogP contribution in [0.1, 0.15) is 56.1 Å². The Hall–Kier alpha value is -5.17. The molecule has 4 aromatic carbocycles. The third-order valence-electron chi connectivity index (χ3n) is 8.17. The SMILES string of the molecule is CCOc1ccccc1NC1=Nc2ccccc2N2C1=Nc1c(c(C)nn1-c1ccccc1)[C@H]2c1ccc(C(C)(C)C)cc1. The molecule has 0 radical (unpaired) electrons. The average molecular weight is 581 g/mol. The van der Waals surface area contributed by atoms with Crippen LogP contribution in [0.3, 0.4) is 0 Å². The molecular formula is C37H36N6O. The molecule has 2 aliphatic heterocycles. The summed E-state index contributed by atoms with van der Waals surface area (Å²) in [5.41, 5.74) is 8.17. The van der Waals surface area contributed by atoms with Gasteiger partial charge in [0.05, 0.1) is 41.1 Å². The predicted molar refractivity (Wildman–Crippen MR) is 180 cm³/mol. The number of aromatic nitrogens is 2. The van der Waals surface area contributed by atoms with Crippen LogP contribution in [0.5, 0.6) is 5.75 Å². The zero-order chi connectivity index (χ0) is 30.4. The highest BCUT2D eigenvalue weighted by Gasteiger charge is 2.41. The zero-order valence-electron chi connectivity index (χ0n) is 25.7. The lowest BCUT2D eigenvalue weighted by molar-refractivity contribution is 0.342. The Kier molecular flexibility index (Phi) is 6.81. The van der Waals surface area contributed by atoms with E-state index >= 15 is 0 Å². The van der Waals surface area contributed by atoms with E-state index in [0.29, 0.717) is 12.4 Å². The maximum Gasteiger partial charge on any atom is 0.179 e. The number of amidine groups is 2. The van der Waals surface area contributed by atoms with Crippen LogP contribution >= 0.6 is 0 Å². The molecule has 1 N–H and O–H groups in total. The maximum atomic E-state index is 5.96. The lowest BCUT2D eigenvalue weighted by atomic mass is 9.85. The number of hydrogen-bond donors (Lipinski definition) is 1. The van der Waals surface area contributed by atoms with Crippen molar-refractivity contribution in [2.24, 2.45) is 9.98 Å². The molecule has 0 spiro atoms. The number of fused-ring (bicyclic) bond motifs is 4. The van der Waals surface area contributed by atoms with Crippen LogP contribution < -0.4 is 15.0 Å². The molecule has 0 aliphatic carbocycles. The first-order valence-corrected chi connectivity index (χ1v) is 15.1. The predicted octanol–water partition coefficient (Wildman–Crippen LogP) is 8.67. The summed E-state index contributed by atoms with van der Waals surface area (Å²) in [6, 6.07) is 35.2. The molecule has 2 aliphatic rings. The van der Waals surface area contributed by atoms with Crippen molar-refractivity contribution in [3.63, 3.8) is 0 Å². The number of nitrogens with zero attached hydrogens (tertiary/aromatic N) is 5. The zero-order valence-corrected chi connectivity index (χ0v) is 25.7. The maximum absolute atomic E-state index is 5.96. The fourth-order valence-electron chi connectivity index (χ4n) is 6.01. The first kappa shape index (κ1) is 27.7. The Morgan fingerprint density at radius 1 is 0.818 bits per heavy atom. The summed E-state index contributed by atoms with van der Waals surface area (Å²) >= 11 is 0. The second kappa shape index (κ2) is 10.8. The van der Waals surface area contributed by atoms with Crippen LogP contribution in [-0.2, 0) is 5.41 Å². The number of aliphatic imine (C=N–C) groups is 2. The van der Waals surface area contributed by atoms with Gasteiger partial charge in [0.2, 0.25) is 0 Å². The van der Waals surface area contributed by atoms with Gasteiger partial charge in [-0.25, -0.2) is 14.7 Å². The lowest BCUT2D eigenvalue weighted by Crippen LogP contribution is -2.46. The molecule has 0 bridgehead atoms. The highest BCUT2D eigenvalue weighted by Crippen LogP contribution is 2.48. The normalized spacial score (nSPS) is 15.5. The first-order valence-electron chi connectivity index (χ1n) is 15.1. The van der Waals surface area contributed by atoms with Gasteiger partial charge in [-0.15, -0.1) is 0 Å². The molecule has 0 saturated carbocycles. The van der Waals surface area contributed by atoms with E-state index in [-0.39, 0.29) is 11.5 Å². The van der Waals surface area contributed by atoms with Gasteiger partial charge < -0.3 is 15.0 Å². The monoisotopic (exact) mass is 580 g/mol. The van der Waals surface area contributed by atoms with Crippen LogP contribution in [0.25, 0.3) is 5.69 Å². The molecule has 3 heterocycles. The Labute approximate surface area is 258 Å². The standard InChI is InChI=1S/C37H36N6O/c1-6-44-31-19-13-11-17-29(31)39-34-36-40-35-32(24(2)41-43(35)27-14-8-7-9-15-27)33(25-20-22-26(23-21-25)37(3,4)5)42(36)30-18-12-10-16-28(30)38-34/h7-23,33H,6H2,1-5H3,(H,38,39)/t33-/m1/s1. The van der Waals surface area contributed by atoms with Crippen molar-refractivity contribution >= 4 is 34.6 Å². The molecule has 0 unspecified atom stereocenters. The molecule has 7 heteroatoms. The number of para-hydroxylation sites is 5. The second-order valence-electron chi connectivity index (χ2n) is 12.2. The van der Waals surface area contributed by atoms with E-state index in [0.717, 1.165) is 57.0 Å². The van der Waals surface area contributed by atoms with Crippen molar-refractivity contribution in [1.82, 2.24) is 9.78 Å². The van der Waals surface area contributed by atoms with Crippen molar-refractivity contribution in [2.75, 3.05) is 16.8 Å². The van der Waals surface area contributed by atoms with E-state index < -0.39 is 0 Å². The van der Waals surface area contributed by atoms with Crippen molar-refractivity contribution in [1.29, 1.82) is 0 Å². The smallest absolute Gasteiger partial charge is 0.179 e. The van der Waals surface area contributed by atoms with Gasteiger partial charge in [0.25, 0.3) is 0 Å². The molecule has 5 aromatic rings. The molecule has 1 atom stereocenters. The molecule has 44 heavy (non-hydrogen) atoms. The van der Waals surface area contributed by atoms with Crippen LogP contribution in [0.15, 0.2) is 113 Å². The van der Waals surface area contributed by atoms with Crippen molar-refractivity contribution in [2.45, 2.75) is 46.1 Å². The van der Waals surface area contributed by atoms with Gasteiger partial charge in [-0.05, 0) is 66.8 Å². The van der Waals surface area contributed by atoms with Crippen LogP contribution in [0.4, 0.5) is 22.9 Å². The number of hydrogen-bond acceptors (Lipinski definition) is 6. The van der Waals surface area contributed by atoms with Gasteiger partial charge in [-0.3, -0.25) is 0 Å². The Morgan fingerprint density at radius 3 is 2.27 bits per heavy atom. The van der Waals surface area contributed by atoms with Crippen LogP contribution in [-0.4, -0.2) is 28.1 Å². The summed E-state index contributed by atoms with van der Waals surface area (Å²) in [5, 5.41) is 8.65. The number of nitrogens with one attached hydrogen (secondary N) is 1. The number of benzene rings is 4. The fourth-order valence-corrected chi connectivity index (χ4v) is 6.01. The fraction of sp³-hybridized carbons (Fsp3) is 0.216. The molecule has 1 aromatic heterocycles. The van der Waals surface area contributed by atoms with Crippen molar-refractivity contribution in [3.8, 4) is 11.4 Å². The largest absolute Gasteiger partial charge is 0.492 e. The number of anilines is 2. The van der Waals surface area contributed by atoms with Gasteiger partial charge in [-0.1, -0.05) is 87.5 Å². The highest BCUT2D eigenvalue weighted by atomic mass is 16.5. The molecule has 0 fully saturated rings. The minimum Gasteiger partial charge on any atom is -0.492 e. The quantitative estimate of drug-likeness (QED) is 0.226. The Morgan fingerprint density at radius 2 is 1.52 bits per heavy atom. The van der Waals surface area contributed by atoms with E-state index in [4.69, 9.17) is 19.8 Å². The van der Waals surface area contributed by atoms with E-state index in [9.17, 15) is 0 Å². The molecule has 0 amide bonds. The summed E-state index contributed by atoms with van der Waals surface area (Å²) < 4.78 is 7.92. The molecular weight excluding hydrogens is 544 g/mol. The van der Waals surface area contributed by atoms with Crippen LogP contribution in [0, 0.1) is 6.92 Å². The second-order valence-corrected chi connectivity index (χ2v) is 12.2. The number of rotatable bonds is 5. The molecule has 0 saturated heterocycles. The van der Waals surface area contributed by atoms with Crippen molar-refractivity contribution < 1.29 is 4.74 Å². The molecule has 7 rings (SSSR count). The van der Waals surface area contributed by atoms with Gasteiger partial charge in [-0.2, -0.15) is 5.10 Å². The van der Waals surface area contributed by atoms with Crippen LogP contribution in [0.2, 0.25) is 0 Å². The van der Waals surface area contributed by atoms with E-state index in [1.54, 1.807) is 0 Å². The average Bonchev–Trinajstić information content (AvgIpc) is 3.37. The Balaban J connectivity index is 1.47. The minimum atomic E-state index is -0.181. The summed E-state index contributed by atoms with van der Waals surface area (Å²) in [4.78, 5) is 12.8. The van der Waals surface area contributed by atoms with Gasteiger partial charge in [0.1, 0.15) is 5.75 Å². The highest BCUT2D eigenvalue weighted by molar-refractivity contribution is 6.51. The summed E-state index contributed by atoms with van der Waals surface area (Å²) in [5.74, 6) is 2.94. The van der Waals surface area contributed by atoms with Crippen molar-refractivity contribution in [3.05, 3.63) is 126 Å². The van der Waals surface area contributed by atoms with E-state index in [2.05, 4.69) is 92.5 Å². The summed E-state index contributed by atoms with van der Waals surface area (Å²) in [6.07, 6.45) is 0. The molecule has 7 nitrogen and oxygen atoms in total. The third-order valence-corrected chi connectivity index (χ3v) is 8.17. The lowest BCUT2D eigenvalue weighted by Gasteiger charge is -2.40. The van der Waals surface area contributed by atoms with Gasteiger partial charge in [0, 0.05) is 5.56 Å². The summed E-state index contributed by atoms with van der Waals surface area (Å²) in [6.45, 7) is 11.4. The minimum absolute atomic E-state index is 0.0480. The number of aryl methyl sites for hydroxylation is 1. The van der Waals surface area contributed by atoms with E-state index in [1.807, 2.05) is 60.1 Å². The topological polar surface area (TPSA) is 67.0 Å². The third kappa shape index (κ3) is 4.74. The van der Waals surface area contributed by atoms with E-state index in [1.165, 1.54) is 5.56 Å².